The van der Waals surface area contributed by atoms with Crippen LogP contribution in [0.5, 0.6) is 5.75 Å². The summed E-state index contributed by atoms with van der Waals surface area (Å²) in [4.78, 5) is 28.7. The zero-order valence-electron chi connectivity index (χ0n) is 16.6. The lowest BCUT2D eigenvalue weighted by Gasteiger charge is -2.29. The molecule has 1 unspecified atom stereocenters. The number of amides is 2. The first-order valence-corrected chi connectivity index (χ1v) is 10.9. The van der Waals surface area contributed by atoms with E-state index in [1.54, 1.807) is 41.3 Å². The number of hydrogen-bond donors (Lipinski definition) is 1. The molecule has 0 aliphatic carbocycles. The Balaban J connectivity index is 1.76. The topological polar surface area (TPSA) is 58.6 Å². The van der Waals surface area contributed by atoms with Gasteiger partial charge in [0.2, 0.25) is 5.91 Å². The standard InChI is InChI=1S/C23H21ClN2O3S/c1-14(2)29-17-8-5-15(6-9-17)23(28)26-13-21(27)25-19-10-7-16(24)12-18(19)22(26)20-4-3-11-30-20/h3-12,14,22H,13H2,1-2H3,(H,25,27). The van der Waals surface area contributed by atoms with Crippen molar-refractivity contribution in [3.05, 3.63) is 81.0 Å². The highest BCUT2D eigenvalue weighted by Crippen LogP contribution is 2.39. The van der Waals surface area contributed by atoms with E-state index in [0.717, 1.165) is 10.4 Å². The van der Waals surface area contributed by atoms with Crippen molar-refractivity contribution in [2.45, 2.75) is 26.0 Å². The van der Waals surface area contributed by atoms with Crippen LogP contribution < -0.4 is 10.1 Å². The third-order valence-corrected chi connectivity index (χ3v) is 5.91. The number of ether oxygens (including phenoxy) is 1. The molecule has 4 rings (SSSR count). The predicted molar refractivity (Wildman–Crippen MR) is 119 cm³/mol. The average Bonchev–Trinajstić information content (AvgIpc) is 3.18. The van der Waals surface area contributed by atoms with Gasteiger partial charge >= 0.3 is 0 Å². The molecule has 1 aromatic heterocycles. The molecule has 154 valence electrons. The Bertz CT molecular complexity index is 1060. The minimum Gasteiger partial charge on any atom is -0.491 e. The highest BCUT2D eigenvalue weighted by atomic mass is 35.5. The third-order valence-electron chi connectivity index (χ3n) is 4.75. The zero-order valence-corrected chi connectivity index (χ0v) is 18.2. The van der Waals surface area contributed by atoms with Crippen LogP contribution in [-0.2, 0) is 4.79 Å². The predicted octanol–water partition coefficient (Wildman–Crippen LogP) is 5.37. The van der Waals surface area contributed by atoms with Crippen LogP contribution in [0.1, 0.15) is 40.7 Å². The van der Waals surface area contributed by atoms with Crippen molar-refractivity contribution in [1.82, 2.24) is 4.90 Å². The van der Waals surface area contributed by atoms with Crippen LogP contribution in [0.15, 0.2) is 60.0 Å². The van der Waals surface area contributed by atoms with Gasteiger partial charge in [0.15, 0.2) is 0 Å². The third kappa shape index (κ3) is 4.20. The van der Waals surface area contributed by atoms with E-state index in [9.17, 15) is 9.59 Å². The first-order chi connectivity index (χ1) is 14.4. The molecule has 0 spiro atoms. The fraction of sp³-hybridized carbons (Fsp3) is 0.217. The molecule has 1 aliphatic heterocycles. The summed E-state index contributed by atoms with van der Waals surface area (Å²) in [7, 11) is 0. The number of benzene rings is 2. The molecule has 30 heavy (non-hydrogen) atoms. The van der Waals surface area contributed by atoms with Gasteiger partial charge in [0.25, 0.3) is 5.91 Å². The molecule has 1 N–H and O–H groups in total. The maximum absolute atomic E-state index is 13.5. The molecule has 1 aliphatic rings. The van der Waals surface area contributed by atoms with Crippen LogP contribution in [0, 0.1) is 0 Å². The smallest absolute Gasteiger partial charge is 0.255 e. The van der Waals surface area contributed by atoms with Crippen LogP contribution in [0.25, 0.3) is 0 Å². The Morgan fingerprint density at radius 3 is 2.63 bits per heavy atom. The van der Waals surface area contributed by atoms with E-state index in [-0.39, 0.29) is 24.5 Å². The van der Waals surface area contributed by atoms with Crippen molar-refractivity contribution in [2.75, 3.05) is 11.9 Å². The summed E-state index contributed by atoms with van der Waals surface area (Å²) in [6.45, 7) is 3.84. The SMILES string of the molecule is CC(C)Oc1ccc(C(=O)N2CC(=O)Nc3ccc(Cl)cc3C2c2cccs2)cc1. The Hall–Kier alpha value is -2.83. The lowest BCUT2D eigenvalue weighted by molar-refractivity contribution is -0.117. The molecule has 5 nitrogen and oxygen atoms in total. The van der Waals surface area contributed by atoms with Crippen molar-refractivity contribution in [3.8, 4) is 5.75 Å². The Labute approximate surface area is 184 Å². The van der Waals surface area contributed by atoms with Crippen molar-refractivity contribution in [1.29, 1.82) is 0 Å². The first kappa shape index (κ1) is 20.4. The minimum atomic E-state index is -0.420. The number of fused-ring (bicyclic) bond motifs is 1. The van der Waals surface area contributed by atoms with Gasteiger partial charge < -0.3 is 15.0 Å². The number of nitrogens with one attached hydrogen (secondary N) is 1. The van der Waals surface area contributed by atoms with Crippen LogP contribution in [0.4, 0.5) is 5.69 Å². The molecule has 0 radical (unpaired) electrons. The number of halogens is 1. The summed E-state index contributed by atoms with van der Waals surface area (Å²) in [5.41, 5.74) is 1.95. The molecular formula is C23H21ClN2O3S. The van der Waals surface area contributed by atoms with E-state index in [1.165, 1.54) is 11.3 Å². The second kappa shape index (κ2) is 8.50. The highest BCUT2D eigenvalue weighted by Gasteiger charge is 2.34. The summed E-state index contributed by atoms with van der Waals surface area (Å²) in [6.07, 6.45) is 0.0466. The Morgan fingerprint density at radius 2 is 1.97 bits per heavy atom. The number of nitrogens with zero attached hydrogens (tertiary/aromatic N) is 1. The van der Waals surface area contributed by atoms with E-state index < -0.39 is 6.04 Å². The monoisotopic (exact) mass is 440 g/mol. The van der Waals surface area contributed by atoms with Gasteiger partial charge in [0, 0.05) is 26.7 Å². The second-order valence-electron chi connectivity index (χ2n) is 7.32. The van der Waals surface area contributed by atoms with Crippen molar-refractivity contribution >= 4 is 40.4 Å². The molecule has 1 atom stereocenters. The van der Waals surface area contributed by atoms with Gasteiger partial charge in [0.1, 0.15) is 12.3 Å². The molecule has 0 fully saturated rings. The Morgan fingerprint density at radius 1 is 1.20 bits per heavy atom. The van der Waals surface area contributed by atoms with Gasteiger partial charge in [-0.2, -0.15) is 0 Å². The van der Waals surface area contributed by atoms with Crippen molar-refractivity contribution < 1.29 is 14.3 Å². The zero-order chi connectivity index (χ0) is 21.3. The minimum absolute atomic E-state index is 0.0466. The molecule has 0 saturated heterocycles. The largest absolute Gasteiger partial charge is 0.491 e. The fourth-order valence-corrected chi connectivity index (χ4v) is 4.57. The van der Waals surface area contributed by atoms with Gasteiger partial charge in [-0.05, 0) is 67.8 Å². The Kier molecular flexibility index (Phi) is 5.79. The van der Waals surface area contributed by atoms with Gasteiger partial charge in [-0.15, -0.1) is 11.3 Å². The molecule has 0 saturated carbocycles. The average molecular weight is 441 g/mol. The molecule has 2 amide bonds. The quantitative estimate of drug-likeness (QED) is 0.593. The van der Waals surface area contributed by atoms with Crippen LogP contribution in [0.3, 0.4) is 0 Å². The second-order valence-corrected chi connectivity index (χ2v) is 8.74. The number of anilines is 1. The number of carbonyl (C=O) groups excluding carboxylic acids is 2. The molecular weight excluding hydrogens is 420 g/mol. The van der Waals surface area contributed by atoms with Crippen LogP contribution in [-0.4, -0.2) is 29.4 Å². The summed E-state index contributed by atoms with van der Waals surface area (Å²) >= 11 is 7.81. The lowest BCUT2D eigenvalue weighted by atomic mass is 10.0. The van der Waals surface area contributed by atoms with Gasteiger partial charge in [-0.1, -0.05) is 17.7 Å². The maximum Gasteiger partial charge on any atom is 0.255 e. The number of carbonyl (C=O) groups is 2. The van der Waals surface area contributed by atoms with E-state index >= 15 is 0 Å². The van der Waals surface area contributed by atoms with E-state index in [0.29, 0.717) is 22.0 Å². The first-order valence-electron chi connectivity index (χ1n) is 9.63. The van der Waals surface area contributed by atoms with Crippen LogP contribution >= 0.6 is 22.9 Å². The van der Waals surface area contributed by atoms with Crippen molar-refractivity contribution in [2.24, 2.45) is 0 Å². The molecule has 7 heteroatoms. The molecule has 2 aromatic carbocycles. The summed E-state index contributed by atoms with van der Waals surface area (Å²) < 4.78 is 5.67. The molecule has 0 bridgehead atoms. The lowest BCUT2D eigenvalue weighted by Crippen LogP contribution is -2.38. The highest BCUT2D eigenvalue weighted by molar-refractivity contribution is 7.10. The van der Waals surface area contributed by atoms with Crippen LogP contribution in [0.2, 0.25) is 5.02 Å². The fourth-order valence-electron chi connectivity index (χ4n) is 3.53. The summed E-state index contributed by atoms with van der Waals surface area (Å²) in [5.74, 6) is 0.223. The van der Waals surface area contributed by atoms with Gasteiger partial charge in [0.05, 0.1) is 12.1 Å². The van der Waals surface area contributed by atoms with Crippen molar-refractivity contribution in [3.63, 3.8) is 0 Å². The summed E-state index contributed by atoms with van der Waals surface area (Å²) in [6, 6.07) is 15.8. The number of rotatable bonds is 4. The summed E-state index contributed by atoms with van der Waals surface area (Å²) in [5, 5.41) is 5.41. The maximum atomic E-state index is 13.5. The van der Waals surface area contributed by atoms with E-state index in [2.05, 4.69) is 5.32 Å². The van der Waals surface area contributed by atoms with E-state index in [4.69, 9.17) is 16.3 Å². The number of thiophene rings is 1. The number of hydrogen-bond acceptors (Lipinski definition) is 4. The van der Waals surface area contributed by atoms with Gasteiger partial charge in [-0.3, -0.25) is 9.59 Å². The van der Waals surface area contributed by atoms with Gasteiger partial charge in [-0.25, -0.2) is 0 Å². The molecule has 3 aromatic rings. The normalized spacial score (nSPS) is 16.1. The van der Waals surface area contributed by atoms with E-state index in [1.807, 2.05) is 37.4 Å². The molecule has 2 heterocycles.